The number of ether oxygens (including phenoxy) is 3. The molecule has 0 spiro atoms. The third-order valence-electron chi connectivity index (χ3n) is 5.70. The Morgan fingerprint density at radius 1 is 0.914 bits per heavy atom. The number of methoxy groups -OCH3 is 2. The Balaban J connectivity index is 1.89. The molecule has 0 bridgehead atoms. The minimum absolute atomic E-state index is 0.0674. The lowest BCUT2D eigenvalue weighted by molar-refractivity contribution is -0.131. The van der Waals surface area contributed by atoms with E-state index in [1.54, 1.807) is 36.1 Å². The first-order valence-electron chi connectivity index (χ1n) is 11.2. The highest BCUT2D eigenvalue weighted by Gasteiger charge is 2.31. The van der Waals surface area contributed by atoms with Gasteiger partial charge in [0.1, 0.15) is 6.54 Å². The van der Waals surface area contributed by atoms with Crippen molar-refractivity contribution in [2.45, 2.75) is 18.7 Å². The molecule has 2 aromatic rings. The minimum atomic E-state index is -4.08. The predicted octanol–water partition coefficient (Wildman–Crippen LogP) is 2.51. The normalized spacial score (nSPS) is 13.8. The van der Waals surface area contributed by atoms with E-state index in [1.165, 1.54) is 37.3 Å². The molecular formula is C24H31N3O7S. The smallest absolute Gasteiger partial charge is 0.409 e. The fraction of sp³-hybridized carbons (Fsp3) is 0.417. The summed E-state index contributed by atoms with van der Waals surface area (Å²) in [5.41, 5.74) is 1.18. The van der Waals surface area contributed by atoms with Crippen LogP contribution in [0.2, 0.25) is 0 Å². The summed E-state index contributed by atoms with van der Waals surface area (Å²) in [6.45, 7) is 4.64. The number of rotatable bonds is 8. The molecule has 1 aliphatic rings. The summed E-state index contributed by atoms with van der Waals surface area (Å²) in [6.07, 6.45) is -0.423. The average Bonchev–Trinajstić information content (AvgIpc) is 2.87. The molecule has 0 aliphatic carbocycles. The molecule has 0 saturated carbocycles. The van der Waals surface area contributed by atoms with Crippen molar-refractivity contribution in [3.05, 3.63) is 48.0 Å². The topological polar surface area (TPSA) is 106 Å². The zero-order valence-corrected chi connectivity index (χ0v) is 21.2. The van der Waals surface area contributed by atoms with E-state index in [0.717, 1.165) is 9.87 Å². The van der Waals surface area contributed by atoms with Crippen molar-refractivity contribution in [3.63, 3.8) is 0 Å². The van der Waals surface area contributed by atoms with Gasteiger partial charge in [-0.3, -0.25) is 9.10 Å². The first-order chi connectivity index (χ1) is 16.7. The third-order valence-corrected chi connectivity index (χ3v) is 7.49. The van der Waals surface area contributed by atoms with Gasteiger partial charge in [0.25, 0.3) is 10.0 Å². The fourth-order valence-electron chi connectivity index (χ4n) is 3.71. The molecule has 35 heavy (non-hydrogen) atoms. The first-order valence-corrected chi connectivity index (χ1v) is 12.7. The van der Waals surface area contributed by atoms with Crippen LogP contribution in [0.4, 0.5) is 10.5 Å². The Morgan fingerprint density at radius 2 is 1.51 bits per heavy atom. The number of benzene rings is 2. The molecule has 0 atom stereocenters. The molecule has 1 aliphatic heterocycles. The maximum atomic E-state index is 13.6. The number of carbonyl (C=O) groups excluding carboxylic acids is 2. The summed E-state index contributed by atoms with van der Waals surface area (Å²) in [5, 5.41) is 0. The number of hydrogen-bond acceptors (Lipinski definition) is 7. The van der Waals surface area contributed by atoms with Gasteiger partial charge in [0.2, 0.25) is 5.91 Å². The van der Waals surface area contributed by atoms with Gasteiger partial charge in [0.05, 0.1) is 31.4 Å². The van der Waals surface area contributed by atoms with E-state index in [-0.39, 0.29) is 36.2 Å². The molecule has 3 rings (SSSR count). The largest absolute Gasteiger partial charge is 0.493 e. The molecule has 2 amide bonds. The monoisotopic (exact) mass is 505 g/mol. The van der Waals surface area contributed by atoms with Gasteiger partial charge in [-0.1, -0.05) is 17.7 Å². The van der Waals surface area contributed by atoms with Gasteiger partial charge in [-0.25, -0.2) is 13.2 Å². The van der Waals surface area contributed by atoms with Crippen molar-refractivity contribution in [2.24, 2.45) is 0 Å². The van der Waals surface area contributed by atoms with Crippen LogP contribution in [0.25, 0.3) is 0 Å². The summed E-state index contributed by atoms with van der Waals surface area (Å²) in [6, 6.07) is 11.1. The highest BCUT2D eigenvalue weighted by molar-refractivity contribution is 7.92. The summed E-state index contributed by atoms with van der Waals surface area (Å²) >= 11 is 0. The summed E-state index contributed by atoms with van der Waals surface area (Å²) in [7, 11) is -1.14. The molecule has 0 aromatic heterocycles. The molecule has 0 N–H and O–H groups in total. The second-order valence-corrected chi connectivity index (χ2v) is 9.79. The lowest BCUT2D eigenvalue weighted by atomic mass is 10.2. The second-order valence-electron chi connectivity index (χ2n) is 7.93. The molecule has 0 radical (unpaired) electrons. The molecule has 1 fully saturated rings. The van der Waals surface area contributed by atoms with Gasteiger partial charge in [-0.15, -0.1) is 0 Å². The first kappa shape index (κ1) is 26.1. The summed E-state index contributed by atoms with van der Waals surface area (Å²) in [4.78, 5) is 28.3. The number of amides is 2. The van der Waals surface area contributed by atoms with Crippen LogP contribution >= 0.6 is 0 Å². The van der Waals surface area contributed by atoms with Gasteiger partial charge >= 0.3 is 6.09 Å². The lowest BCUT2D eigenvalue weighted by Gasteiger charge is -2.35. The van der Waals surface area contributed by atoms with Crippen LogP contribution in [-0.2, 0) is 19.6 Å². The van der Waals surface area contributed by atoms with Crippen LogP contribution in [0.15, 0.2) is 47.4 Å². The van der Waals surface area contributed by atoms with E-state index in [2.05, 4.69) is 0 Å². The van der Waals surface area contributed by atoms with Crippen molar-refractivity contribution in [1.82, 2.24) is 9.80 Å². The zero-order valence-electron chi connectivity index (χ0n) is 20.4. The van der Waals surface area contributed by atoms with Crippen molar-refractivity contribution < 1.29 is 32.2 Å². The summed E-state index contributed by atoms with van der Waals surface area (Å²) in [5.74, 6) is 0.397. The highest BCUT2D eigenvalue weighted by atomic mass is 32.2. The Hall–Kier alpha value is -3.47. The number of nitrogens with zero attached hydrogens (tertiary/aromatic N) is 3. The van der Waals surface area contributed by atoms with E-state index in [9.17, 15) is 18.0 Å². The van der Waals surface area contributed by atoms with Crippen LogP contribution in [0.3, 0.4) is 0 Å². The molecule has 0 unspecified atom stereocenters. The van der Waals surface area contributed by atoms with Gasteiger partial charge in [-0.2, -0.15) is 0 Å². The number of aryl methyl sites for hydroxylation is 1. The molecule has 10 nitrogen and oxygen atoms in total. The van der Waals surface area contributed by atoms with E-state index < -0.39 is 22.7 Å². The predicted molar refractivity (Wildman–Crippen MR) is 130 cm³/mol. The van der Waals surface area contributed by atoms with Crippen LogP contribution in [-0.4, -0.2) is 83.8 Å². The van der Waals surface area contributed by atoms with Gasteiger partial charge < -0.3 is 24.0 Å². The number of hydrogen-bond donors (Lipinski definition) is 0. The molecule has 2 aromatic carbocycles. The fourth-order valence-corrected chi connectivity index (χ4v) is 5.11. The highest BCUT2D eigenvalue weighted by Crippen LogP contribution is 2.34. The molecule has 1 heterocycles. The van der Waals surface area contributed by atoms with Crippen LogP contribution in [0, 0.1) is 6.92 Å². The second kappa shape index (κ2) is 11.3. The number of anilines is 1. The van der Waals surface area contributed by atoms with Gasteiger partial charge in [-0.05, 0) is 38.1 Å². The van der Waals surface area contributed by atoms with Gasteiger partial charge in [0, 0.05) is 32.2 Å². The molecule has 190 valence electrons. The Kier molecular flexibility index (Phi) is 8.44. The SMILES string of the molecule is CCOC(=O)N1CCN(C(=O)CN(c2ccc(OC)c(OC)c2)S(=O)(=O)c2ccc(C)cc2)CC1. The van der Waals surface area contributed by atoms with Crippen molar-refractivity contribution >= 4 is 27.7 Å². The zero-order chi connectivity index (χ0) is 25.6. The minimum Gasteiger partial charge on any atom is -0.493 e. The molecular weight excluding hydrogens is 474 g/mol. The van der Waals surface area contributed by atoms with Crippen molar-refractivity contribution in [2.75, 3.05) is 57.9 Å². The number of sulfonamides is 1. The van der Waals surface area contributed by atoms with E-state index in [1.807, 2.05) is 6.92 Å². The van der Waals surface area contributed by atoms with Gasteiger partial charge in [0.15, 0.2) is 11.5 Å². The van der Waals surface area contributed by atoms with Crippen molar-refractivity contribution in [3.8, 4) is 11.5 Å². The van der Waals surface area contributed by atoms with E-state index >= 15 is 0 Å². The Morgan fingerprint density at radius 3 is 2.09 bits per heavy atom. The number of carbonyl (C=O) groups is 2. The van der Waals surface area contributed by atoms with Crippen LogP contribution in [0.5, 0.6) is 11.5 Å². The molecule has 1 saturated heterocycles. The standard InChI is InChI=1S/C24H31N3O7S/c1-5-34-24(29)26-14-12-25(13-15-26)23(28)17-27(19-8-11-21(32-3)22(16-19)33-4)35(30,31)20-9-6-18(2)7-10-20/h6-11,16H,5,12-15,17H2,1-4H3. The summed E-state index contributed by atoms with van der Waals surface area (Å²) < 4.78 is 44.0. The quantitative estimate of drug-likeness (QED) is 0.543. The third kappa shape index (κ3) is 5.97. The maximum Gasteiger partial charge on any atom is 0.409 e. The Bertz CT molecular complexity index is 1140. The average molecular weight is 506 g/mol. The van der Waals surface area contributed by atoms with Crippen LogP contribution in [0.1, 0.15) is 12.5 Å². The lowest BCUT2D eigenvalue weighted by Crippen LogP contribution is -2.53. The van der Waals surface area contributed by atoms with E-state index in [0.29, 0.717) is 24.6 Å². The Labute approximate surface area is 206 Å². The maximum absolute atomic E-state index is 13.6. The molecule has 11 heteroatoms. The van der Waals surface area contributed by atoms with Crippen LogP contribution < -0.4 is 13.8 Å². The number of piperazine rings is 1. The van der Waals surface area contributed by atoms with Crippen molar-refractivity contribution in [1.29, 1.82) is 0 Å². The van der Waals surface area contributed by atoms with E-state index in [4.69, 9.17) is 14.2 Å².